The summed E-state index contributed by atoms with van der Waals surface area (Å²) in [6, 6.07) is 0. The second-order valence-corrected chi connectivity index (χ2v) is 4.10. The van der Waals surface area contributed by atoms with Crippen LogP contribution in [-0.4, -0.2) is 21.5 Å². The summed E-state index contributed by atoms with van der Waals surface area (Å²) in [5.74, 6) is 5.27. The molecule has 0 aromatic carbocycles. The van der Waals surface area contributed by atoms with Crippen LogP contribution in [0.2, 0.25) is 0 Å². The summed E-state index contributed by atoms with van der Waals surface area (Å²) in [6.07, 6.45) is 4.09. The fourth-order valence-corrected chi connectivity index (χ4v) is 1.61. The minimum Gasteiger partial charge on any atom is -0.473 e. The maximum absolute atomic E-state index is 11.0. The third-order valence-electron chi connectivity index (χ3n) is 2.57. The van der Waals surface area contributed by atoms with Crippen molar-refractivity contribution in [1.82, 2.24) is 9.97 Å². The van der Waals surface area contributed by atoms with Crippen molar-refractivity contribution in [2.75, 3.05) is 12.0 Å². The minimum absolute atomic E-state index is 0.0399. The van der Waals surface area contributed by atoms with Crippen molar-refractivity contribution in [1.29, 1.82) is 0 Å². The summed E-state index contributed by atoms with van der Waals surface area (Å²) < 4.78 is 5.38. The first-order valence-electron chi connectivity index (χ1n) is 6.22. The number of rotatable bonds is 8. The molecule has 8 nitrogen and oxygen atoms in total. The van der Waals surface area contributed by atoms with Crippen LogP contribution in [0.15, 0.2) is 0 Å². The number of unbranched alkanes of at least 4 members (excludes halogenated alkanes) is 3. The van der Waals surface area contributed by atoms with Crippen molar-refractivity contribution in [2.24, 2.45) is 5.84 Å². The number of aryl methyl sites for hydroxylation is 1. The van der Waals surface area contributed by atoms with Crippen LogP contribution in [0.5, 0.6) is 5.88 Å². The normalized spacial score (nSPS) is 10.3. The lowest BCUT2D eigenvalue weighted by Gasteiger charge is -2.08. The van der Waals surface area contributed by atoms with Crippen molar-refractivity contribution in [3.63, 3.8) is 0 Å². The predicted molar refractivity (Wildman–Crippen MR) is 70.9 cm³/mol. The molecule has 0 saturated heterocycles. The number of nitrogens with zero attached hydrogens (tertiary/aromatic N) is 3. The van der Waals surface area contributed by atoms with E-state index in [0.717, 1.165) is 25.7 Å². The molecule has 1 aromatic rings. The van der Waals surface area contributed by atoms with Crippen molar-refractivity contribution in [2.45, 2.75) is 39.5 Å². The van der Waals surface area contributed by atoms with E-state index in [4.69, 9.17) is 10.6 Å². The molecule has 0 bridgehead atoms. The average Bonchev–Trinajstić information content (AvgIpc) is 2.37. The van der Waals surface area contributed by atoms with E-state index in [1.807, 2.05) is 0 Å². The number of hydrogen-bond acceptors (Lipinski definition) is 7. The third-order valence-corrected chi connectivity index (χ3v) is 2.57. The lowest BCUT2D eigenvalue weighted by Crippen LogP contribution is -2.13. The van der Waals surface area contributed by atoms with Gasteiger partial charge in [0.25, 0.3) is 5.88 Å². The van der Waals surface area contributed by atoms with E-state index in [-0.39, 0.29) is 23.2 Å². The molecule has 1 heterocycles. The summed E-state index contributed by atoms with van der Waals surface area (Å²) in [6.45, 7) is 4.02. The number of nitro groups is 1. The highest BCUT2D eigenvalue weighted by Gasteiger charge is 2.23. The lowest BCUT2D eigenvalue weighted by molar-refractivity contribution is -0.387. The van der Waals surface area contributed by atoms with Crippen LogP contribution in [-0.2, 0) is 0 Å². The Morgan fingerprint density at radius 1 is 1.37 bits per heavy atom. The molecular formula is C11H19N5O3. The van der Waals surface area contributed by atoms with E-state index in [9.17, 15) is 10.1 Å². The smallest absolute Gasteiger partial charge is 0.352 e. The number of ether oxygens (including phenoxy) is 1. The summed E-state index contributed by atoms with van der Waals surface area (Å²) in [4.78, 5) is 18.2. The highest BCUT2D eigenvalue weighted by Crippen LogP contribution is 2.28. The van der Waals surface area contributed by atoms with Gasteiger partial charge < -0.3 is 4.74 Å². The second kappa shape index (κ2) is 7.47. The lowest BCUT2D eigenvalue weighted by atomic mass is 10.2. The van der Waals surface area contributed by atoms with Gasteiger partial charge >= 0.3 is 5.69 Å². The van der Waals surface area contributed by atoms with Crippen molar-refractivity contribution < 1.29 is 9.66 Å². The molecule has 3 N–H and O–H groups in total. The van der Waals surface area contributed by atoms with Gasteiger partial charge in [-0.1, -0.05) is 26.2 Å². The molecule has 8 heteroatoms. The highest BCUT2D eigenvalue weighted by atomic mass is 16.6. The standard InChI is InChI=1S/C11H19N5O3/c1-3-4-5-6-7-19-10-9(16(17)18)8(2)13-11(14-10)15-12/h3-7,12H2,1-2H3,(H,13,14,15). The molecule has 0 spiro atoms. The molecule has 19 heavy (non-hydrogen) atoms. The number of anilines is 1. The third kappa shape index (κ3) is 4.32. The molecular weight excluding hydrogens is 250 g/mol. The predicted octanol–water partition coefficient (Wildman–Crippen LogP) is 1.94. The quantitative estimate of drug-likeness (QED) is 0.320. The second-order valence-electron chi connectivity index (χ2n) is 4.10. The maximum Gasteiger partial charge on any atom is 0.352 e. The van der Waals surface area contributed by atoms with Crippen LogP contribution < -0.4 is 16.0 Å². The zero-order chi connectivity index (χ0) is 14.3. The van der Waals surface area contributed by atoms with Crippen molar-refractivity contribution in [3.05, 3.63) is 15.8 Å². The maximum atomic E-state index is 11.0. The highest BCUT2D eigenvalue weighted by molar-refractivity contribution is 5.48. The van der Waals surface area contributed by atoms with Crippen LogP contribution in [0, 0.1) is 17.0 Å². The summed E-state index contributed by atoms with van der Waals surface area (Å²) in [5, 5.41) is 11.0. The van der Waals surface area contributed by atoms with Gasteiger partial charge in [-0.3, -0.25) is 15.5 Å². The fraction of sp³-hybridized carbons (Fsp3) is 0.636. The van der Waals surface area contributed by atoms with Crippen LogP contribution in [0.1, 0.15) is 38.3 Å². The van der Waals surface area contributed by atoms with Gasteiger partial charge in [0.05, 0.1) is 11.5 Å². The molecule has 1 rings (SSSR count). The molecule has 0 unspecified atom stereocenters. The Balaban J connectivity index is 2.78. The van der Waals surface area contributed by atoms with Gasteiger partial charge in [0.2, 0.25) is 5.95 Å². The van der Waals surface area contributed by atoms with Gasteiger partial charge in [-0.2, -0.15) is 4.98 Å². The Morgan fingerprint density at radius 3 is 2.68 bits per heavy atom. The minimum atomic E-state index is -0.545. The zero-order valence-electron chi connectivity index (χ0n) is 11.2. The van der Waals surface area contributed by atoms with Gasteiger partial charge in [-0.15, -0.1) is 0 Å². The Hall–Kier alpha value is -1.96. The van der Waals surface area contributed by atoms with Gasteiger partial charge in [0, 0.05) is 0 Å². The van der Waals surface area contributed by atoms with Crippen LogP contribution in [0.3, 0.4) is 0 Å². The molecule has 0 aliphatic rings. The molecule has 1 aromatic heterocycles. The molecule has 0 atom stereocenters. The molecule has 0 radical (unpaired) electrons. The number of hydrazine groups is 1. The largest absolute Gasteiger partial charge is 0.473 e. The van der Waals surface area contributed by atoms with Gasteiger partial charge in [0.15, 0.2) is 0 Å². The monoisotopic (exact) mass is 269 g/mol. The van der Waals surface area contributed by atoms with Gasteiger partial charge in [-0.25, -0.2) is 10.8 Å². The SMILES string of the molecule is CCCCCCOc1nc(NN)nc(C)c1[N+](=O)[O-]. The number of aromatic nitrogens is 2. The average molecular weight is 269 g/mol. The van der Waals surface area contributed by atoms with E-state index >= 15 is 0 Å². The van der Waals surface area contributed by atoms with E-state index in [2.05, 4.69) is 22.3 Å². The van der Waals surface area contributed by atoms with E-state index in [0.29, 0.717) is 6.61 Å². The van der Waals surface area contributed by atoms with Crippen LogP contribution in [0.25, 0.3) is 0 Å². The summed E-state index contributed by atoms with van der Waals surface area (Å²) in [7, 11) is 0. The first kappa shape index (κ1) is 15.1. The van der Waals surface area contributed by atoms with Gasteiger partial charge in [0.1, 0.15) is 5.69 Å². The van der Waals surface area contributed by atoms with Crippen LogP contribution >= 0.6 is 0 Å². The zero-order valence-corrected chi connectivity index (χ0v) is 11.2. The molecule has 0 fully saturated rings. The van der Waals surface area contributed by atoms with Crippen molar-refractivity contribution >= 4 is 11.6 Å². The first-order chi connectivity index (χ1) is 9.10. The Bertz CT molecular complexity index is 439. The molecule has 0 aliphatic heterocycles. The van der Waals surface area contributed by atoms with E-state index < -0.39 is 4.92 Å². The van der Waals surface area contributed by atoms with Crippen LogP contribution in [0.4, 0.5) is 11.6 Å². The summed E-state index contributed by atoms with van der Waals surface area (Å²) in [5.41, 5.74) is 2.27. The molecule has 0 aliphatic carbocycles. The van der Waals surface area contributed by atoms with E-state index in [1.54, 1.807) is 0 Å². The van der Waals surface area contributed by atoms with E-state index in [1.165, 1.54) is 6.92 Å². The summed E-state index contributed by atoms with van der Waals surface area (Å²) >= 11 is 0. The Morgan fingerprint density at radius 2 is 2.11 bits per heavy atom. The molecule has 0 amide bonds. The Kier molecular flexibility index (Phi) is 5.94. The number of nitrogen functional groups attached to an aromatic ring is 1. The molecule has 0 saturated carbocycles. The number of hydrogen-bond donors (Lipinski definition) is 2. The fourth-order valence-electron chi connectivity index (χ4n) is 1.61. The first-order valence-corrected chi connectivity index (χ1v) is 6.22. The molecule has 106 valence electrons. The number of nitrogens with one attached hydrogen (secondary N) is 1. The topological polar surface area (TPSA) is 116 Å². The van der Waals surface area contributed by atoms with Crippen molar-refractivity contribution in [3.8, 4) is 5.88 Å². The Labute approximate surface area is 111 Å². The number of nitrogens with two attached hydrogens (primary N) is 1. The van der Waals surface area contributed by atoms with Gasteiger partial charge in [-0.05, 0) is 13.3 Å².